The van der Waals surface area contributed by atoms with Crippen LogP contribution in [-0.4, -0.2) is 39.8 Å². The van der Waals surface area contributed by atoms with Gasteiger partial charge in [0.2, 0.25) is 11.8 Å². The smallest absolute Gasteiger partial charge is 0.234 e. The molecule has 1 aliphatic carbocycles. The number of fused-ring (bicyclic) bond motifs is 2. The Bertz CT molecular complexity index is 1310. The van der Waals surface area contributed by atoms with Gasteiger partial charge < -0.3 is 5.32 Å². The topological polar surface area (TPSA) is 75.2 Å². The van der Waals surface area contributed by atoms with E-state index < -0.39 is 0 Å². The molecule has 3 atom stereocenters. The highest BCUT2D eigenvalue weighted by molar-refractivity contribution is 7.19. The molecule has 3 aliphatic rings. The lowest BCUT2D eigenvalue weighted by molar-refractivity contribution is -0.143. The van der Waals surface area contributed by atoms with Crippen molar-refractivity contribution in [1.29, 1.82) is 0 Å². The number of nitrogens with one attached hydrogen (secondary N) is 1. The fourth-order valence-electron chi connectivity index (χ4n) is 6.12. The number of rotatable bonds is 5. The monoisotopic (exact) mass is 474 g/mol. The fraction of sp³-hybridized carbons (Fsp3) is 0.481. The molecule has 0 aromatic carbocycles. The molecule has 5 heterocycles. The summed E-state index contributed by atoms with van der Waals surface area (Å²) < 4.78 is 1.11. The van der Waals surface area contributed by atoms with Crippen LogP contribution < -0.4 is 5.32 Å². The molecule has 3 aromatic rings. The maximum atomic E-state index is 12.8. The molecule has 6 nitrogen and oxygen atoms in total. The van der Waals surface area contributed by atoms with Gasteiger partial charge in [0.15, 0.2) is 0 Å². The summed E-state index contributed by atoms with van der Waals surface area (Å²) in [6, 6.07) is 6.33. The van der Waals surface area contributed by atoms with E-state index in [1.54, 1.807) is 11.3 Å². The molecule has 2 saturated heterocycles. The van der Waals surface area contributed by atoms with Crippen molar-refractivity contribution < 1.29 is 9.59 Å². The van der Waals surface area contributed by atoms with E-state index in [0.29, 0.717) is 12.5 Å². The average molecular weight is 475 g/mol. The fourth-order valence-corrected chi connectivity index (χ4v) is 7.25. The summed E-state index contributed by atoms with van der Waals surface area (Å²) in [7, 11) is 0. The molecule has 0 bridgehead atoms. The quantitative estimate of drug-likeness (QED) is 0.559. The van der Waals surface area contributed by atoms with E-state index in [2.05, 4.69) is 29.4 Å². The molecule has 2 amide bonds. The predicted molar refractivity (Wildman–Crippen MR) is 133 cm³/mol. The number of pyridine rings is 2. The molecule has 2 aliphatic heterocycles. The minimum atomic E-state index is -0.179. The lowest BCUT2D eigenvalue weighted by Gasteiger charge is -2.19. The van der Waals surface area contributed by atoms with Crippen LogP contribution >= 0.6 is 11.3 Å². The standard InChI is InChI=1S/C27H30N4O2S/c1-14-9-20(19(15(2)30-14)10-16-5-7-28-12-16)18-6-8-29-21-11-17(34-24(18)21)13-31-25(32)22-23(26(31)33)27(22,3)4/h6,8-9,11,16,22-23,28H,5,7,10,12-13H2,1-4H3. The number of carbonyl (C=O) groups excluding carboxylic acids is 2. The van der Waals surface area contributed by atoms with E-state index in [0.717, 1.165) is 46.0 Å². The van der Waals surface area contributed by atoms with Crippen LogP contribution in [0.3, 0.4) is 0 Å². The summed E-state index contributed by atoms with van der Waals surface area (Å²) in [4.78, 5) is 37.6. The summed E-state index contributed by atoms with van der Waals surface area (Å²) in [6.07, 6.45) is 4.07. The summed E-state index contributed by atoms with van der Waals surface area (Å²) in [5, 5.41) is 3.48. The average Bonchev–Trinajstić information content (AvgIpc) is 3.24. The number of aryl methyl sites for hydroxylation is 2. The number of piperidine rings is 1. The summed E-state index contributed by atoms with van der Waals surface area (Å²) in [6.45, 7) is 10.7. The maximum absolute atomic E-state index is 12.8. The molecular formula is C27H30N4O2S. The Kier molecular flexibility index (Phi) is 4.94. The van der Waals surface area contributed by atoms with E-state index >= 15 is 0 Å². The van der Waals surface area contributed by atoms with Gasteiger partial charge in [-0.25, -0.2) is 0 Å². The third kappa shape index (κ3) is 3.32. The van der Waals surface area contributed by atoms with Gasteiger partial charge in [0.25, 0.3) is 0 Å². The Morgan fingerprint density at radius 2 is 1.91 bits per heavy atom. The Morgan fingerprint density at radius 1 is 1.15 bits per heavy atom. The van der Waals surface area contributed by atoms with Gasteiger partial charge in [-0.05, 0) is 80.4 Å². The van der Waals surface area contributed by atoms with Gasteiger partial charge in [0.05, 0.1) is 28.6 Å². The number of hydrogen-bond acceptors (Lipinski definition) is 6. The summed E-state index contributed by atoms with van der Waals surface area (Å²) >= 11 is 1.65. The first-order chi connectivity index (χ1) is 16.3. The van der Waals surface area contributed by atoms with Crippen LogP contribution in [0.1, 0.15) is 42.1 Å². The van der Waals surface area contributed by atoms with Crippen molar-refractivity contribution in [3.63, 3.8) is 0 Å². The molecule has 34 heavy (non-hydrogen) atoms. The van der Waals surface area contributed by atoms with Crippen LogP contribution in [0.5, 0.6) is 0 Å². The lowest BCUT2D eigenvalue weighted by Crippen LogP contribution is -2.35. The van der Waals surface area contributed by atoms with Crippen LogP contribution in [0.2, 0.25) is 0 Å². The highest BCUT2D eigenvalue weighted by Crippen LogP contribution is 2.63. The Hall–Kier alpha value is -2.64. The van der Waals surface area contributed by atoms with Gasteiger partial charge in [-0.3, -0.25) is 24.5 Å². The van der Waals surface area contributed by atoms with Gasteiger partial charge in [0.1, 0.15) is 0 Å². The number of aromatic nitrogens is 2. The van der Waals surface area contributed by atoms with Crippen molar-refractivity contribution in [1.82, 2.24) is 20.2 Å². The van der Waals surface area contributed by atoms with E-state index in [-0.39, 0.29) is 29.1 Å². The Labute approximate surface area is 203 Å². The zero-order valence-corrected chi connectivity index (χ0v) is 21.0. The summed E-state index contributed by atoms with van der Waals surface area (Å²) in [5.41, 5.74) is 6.56. The molecule has 3 fully saturated rings. The minimum absolute atomic E-state index is 0.0153. The molecular weight excluding hydrogens is 444 g/mol. The van der Waals surface area contributed by atoms with E-state index in [9.17, 15) is 9.59 Å². The molecule has 1 saturated carbocycles. The van der Waals surface area contributed by atoms with Crippen molar-refractivity contribution >= 4 is 33.4 Å². The third-order valence-electron chi connectivity index (χ3n) is 8.07. The van der Waals surface area contributed by atoms with Gasteiger partial charge in [-0.2, -0.15) is 0 Å². The number of carbonyl (C=O) groups is 2. The van der Waals surface area contributed by atoms with Crippen LogP contribution in [0.25, 0.3) is 21.3 Å². The van der Waals surface area contributed by atoms with E-state index in [1.165, 1.54) is 28.0 Å². The molecule has 3 aromatic heterocycles. The van der Waals surface area contributed by atoms with Crippen LogP contribution in [-0.2, 0) is 22.6 Å². The Balaban J connectivity index is 1.36. The number of thiophene rings is 1. The predicted octanol–water partition coefficient (Wildman–Crippen LogP) is 4.27. The highest BCUT2D eigenvalue weighted by Gasteiger charge is 2.72. The SMILES string of the molecule is Cc1cc(-c2ccnc3cc(CN4C(=O)C5C(C4=O)C5(C)C)sc23)c(CC2CCNC2)c(C)n1. The van der Waals surface area contributed by atoms with E-state index in [4.69, 9.17) is 4.98 Å². The molecule has 1 N–H and O–H groups in total. The second kappa shape index (κ2) is 7.68. The zero-order chi connectivity index (χ0) is 23.8. The van der Waals surface area contributed by atoms with Crippen LogP contribution in [0.15, 0.2) is 24.4 Å². The molecule has 6 rings (SSSR count). The molecule has 176 valence electrons. The zero-order valence-electron chi connectivity index (χ0n) is 20.1. The van der Waals surface area contributed by atoms with Crippen LogP contribution in [0, 0.1) is 37.0 Å². The molecule has 7 heteroatoms. The highest BCUT2D eigenvalue weighted by atomic mass is 32.1. The Morgan fingerprint density at radius 3 is 2.62 bits per heavy atom. The third-order valence-corrected chi connectivity index (χ3v) is 9.22. The van der Waals surface area contributed by atoms with Crippen molar-refractivity contribution in [2.45, 2.75) is 47.1 Å². The number of imide groups is 1. The first-order valence-electron chi connectivity index (χ1n) is 12.2. The van der Waals surface area contributed by atoms with Gasteiger partial charge in [0, 0.05) is 28.0 Å². The van der Waals surface area contributed by atoms with Crippen molar-refractivity contribution in [3.05, 3.63) is 46.2 Å². The number of likely N-dealkylation sites (tertiary alicyclic amines) is 1. The van der Waals surface area contributed by atoms with Crippen molar-refractivity contribution in [2.24, 2.45) is 23.2 Å². The molecule has 0 spiro atoms. The van der Waals surface area contributed by atoms with Crippen LogP contribution in [0.4, 0.5) is 0 Å². The van der Waals surface area contributed by atoms with Crippen molar-refractivity contribution in [3.8, 4) is 11.1 Å². The second-order valence-electron chi connectivity index (χ2n) is 10.8. The second-order valence-corrected chi connectivity index (χ2v) is 11.9. The number of nitrogens with zero attached hydrogens (tertiary/aromatic N) is 3. The van der Waals surface area contributed by atoms with Crippen molar-refractivity contribution in [2.75, 3.05) is 13.1 Å². The number of hydrogen-bond donors (Lipinski definition) is 1. The minimum Gasteiger partial charge on any atom is -0.316 e. The lowest BCUT2D eigenvalue weighted by atomic mass is 9.90. The van der Waals surface area contributed by atoms with Gasteiger partial charge in [-0.15, -0.1) is 11.3 Å². The first-order valence-corrected chi connectivity index (χ1v) is 13.0. The van der Waals surface area contributed by atoms with Gasteiger partial charge in [-0.1, -0.05) is 13.8 Å². The normalized spacial score (nSPS) is 25.4. The van der Waals surface area contributed by atoms with E-state index in [1.807, 2.05) is 33.0 Å². The molecule has 3 unspecified atom stereocenters. The maximum Gasteiger partial charge on any atom is 0.234 e. The largest absolute Gasteiger partial charge is 0.316 e. The molecule has 0 radical (unpaired) electrons. The summed E-state index contributed by atoms with van der Waals surface area (Å²) in [5.74, 6) is 0.315. The first kappa shape index (κ1) is 21.9. The number of amides is 2. The van der Waals surface area contributed by atoms with Gasteiger partial charge >= 0.3 is 0 Å².